The van der Waals surface area contributed by atoms with E-state index in [9.17, 15) is 13.2 Å². The number of aromatic nitrogens is 5. The second-order valence-corrected chi connectivity index (χ2v) is 6.87. The fourth-order valence-corrected chi connectivity index (χ4v) is 3.63. The van der Waals surface area contributed by atoms with Crippen LogP contribution in [0.25, 0.3) is 0 Å². The van der Waals surface area contributed by atoms with Crippen LogP contribution < -0.4 is 0 Å². The number of rotatable bonds is 4. The second-order valence-electron chi connectivity index (χ2n) is 6.87. The zero-order chi connectivity index (χ0) is 19.8. The van der Waals surface area contributed by atoms with Gasteiger partial charge in [0.05, 0.1) is 6.67 Å². The van der Waals surface area contributed by atoms with Gasteiger partial charge in [-0.25, -0.2) is 19.6 Å². The monoisotopic (exact) mass is 392 g/mol. The Morgan fingerprint density at radius 1 is 1.21 bits per heavy atom. The van der Waals surface area contributed by atoms with E-state index in [1.807, 2.05) is 6.08 Å². The highest BCUT2D eigenvalue weighted by Crippen LogP contribution is 2.40. The first-order valence-electron chi connectivity index (χ1n) is 8.80. The van der Waals surface area contributed by atoms with Gasteiger partial charge in [-0.2, -0.15) is 18.3 Å². The Bertz CT molecular complexity index is 891. The summed E-state index contributed by atoms with van der Waals surface area (Å²) < 4.78 is 45.8. The third-order valence-corrected chi connectivity index (χ3v) is 5.13. The lowest BCUT2D eigenvalue weighted by molar-refractivity contribution is -0.145. The molecule has 0 N–H and O–H groups in total. The van der Waals surface area contributed by atoms with Crippen molar-refractivity contribution < 1.29 is 17.9 Å². The van der Waals surface area contributed by atoms with Crippen LogP contribution in [0.4, 0.5) is 13.2 Å². The van der Waals surface area contributed by atoms with Gasteiger partial charge in [0, 0.05) is 44.6 Å². The normalized spacial score (nSPS) is 23.1. The summed E-state index contributed by atoms with van der Waals surface area (Å²) in [6.45, 7) is 2.21. The molecule has 0 spiro atoms. The number of halogens is 3. The molecule has 0 saturated carbocycles. The molecule has 1 saturated heterocycles. The van der Waals surface area contributed by atoms with Gasteiger partial charge in [-0.15, -0.1) is 0 Å². The summed E-state index contributed by atoms with van der Waals surface area (Å²) >= 11 is 0. The van der Waals surface area contributed by atoms with Gasteiger partial charge >= 0.3 is 6.18 Å². The Kier molecular flexibility index (Phi) is 4.76. The number of piperidine rings is 1. The Balaban J connectivity index is 1.58. The molecule has 7 nitrogen and oxygen atoms in total. The quantitative estimate of drug-likeness (QED) is 0.797. The largest absolute Gasteiger partial charge is 0.451 e. The molecule has 1 unspecified atom stereocenters. The first kappa shape index (κ1) is 18.8. The van der Waals surface area contributed by atoms with E-state index in [1.165, 1.54) is 24.3 Å². The maximum atomic E-state index is 12.8. The smallest absolute Gasteiger partial charge is 0.369 e. The maximum absolute atomic E-state index is 12.8. The zero-order valence-corrected chi connectivity index (χ0v) is 15.2. The van der Waals surface area contributed by atoms with Gasteiger partial charge in [-0.1, -0.05) is 6.08 Å². The molecule has 0 radical (unpaired) electrons. The van der Waals surface area contributed by atoms with Crippen molar-refractivity contribution in [2.45, 2.75) is 31.3 Å². The SMILES string of the molecule is COC1(c2cnc(C(F)(F)F)nc2)C=C2CN(Cn3cncn3)CCC2=CC1. The highest BCUT2D eigenvalue weighted by Gasteiger charge is 2.38. The Labute approximate surface area is 159 Å². The molecule has 1 aliphatic heterocycles. The molecule has 3 heterocycles. The van der Waals surface area contributed by atoms with Crippen molar-refractivity contribution >= 4 is 0 Å². The number of alkyl halides is 3. The van der Waals surface area contributed by atoms with Crippen molar-refractivity contribution in [2.24, 2.45) is 0 Å². The molecule has 1 atom stereocenters. The van der Waals surface area contributed by atoms with Crippen LogP contribution in [-0.2, 0) is 23.2 Å². The van der Waals surface area contributed by atoms with E-state index in [-0.39, 0.29) is 0 Å². The number of likely N-dealkylation sites (tertiary alicyclic amines) is 1. The molecular weight excluding hydrogens is 373 g/mol. The first-order chi connectivity index (χ1) is 13.4. The molecule has 10 heteroatoms. The minimum Gasteiger partial charge on any atom is -0.369 e. The molecule has 1 fully saturated rings. The van der Waals surface area contributed by atoms with E-state index < -0.39 is 17.6 Å². The van der Waals surface area contributed by atoms with Crippen LogP contribution in [0.3, 0.4) is 0 Å². The van der Waals surface area contributed by atoms with Gasteiger partial charge in [0.15, 0.2) is 0 Å². The summed E-state index contributed by atoms with van der Waals surface area (Å²) in [5, 5.41) is 4.13. The van der Waals surface area contributed by atoms with Crippen LogP contribution in [0.5, 0.6) is 0 Å². The van der Waals surface area contributed by atoms with Crippen LogP contribution >= 0.6 is 0 Å². The van der Waals surface area contributed by atoms with E-state index in [4.69, 9.17) is 4.74 Å². The van der Waals surface area contributed by atoms with Gasteiger partial charge in [0.1, 0.15) is 18.3 Å². The summed E-state index contributed by atoms with van der Waals surface area (Å²) in [7, 11) is 1.55. The van der Waals surface area contributed by atoms with Crippen molar-refractivity contribution in [3.8, 4) is 0 Å². The molecule has 0 aromatic carbocycles. The van der Waals surface area contributed by atoms with Crippen molar-refractivity contribution in [2.75, 3.05) is 20.2 Å². The van der Waals surface area contributed by atoms with Gasteiger partial charge < -0.3 is 4.74 Å². The van der Waals surface area contributed by atoms with Crippen LogP contribution in [0, 0.1) is 0 Å². The van der Waals surface area contributed by atoms with E-state index in [1.54, 1.807) is 18.1 Å². The number of nitrogens with zero attached hydrogens (tertiary/aromatic N) is 6. The number of hydrogen-bond donors (Lipinski definition) is 0. The summed E-state index contributed by atoms with van der Waals surface area (Å²) in [5.74, 6) is -1.15. The molecule has 0 amide bonds. The molecule has 148 valence electrons. The number of ether oxygens (including phenoxy) is 1. The maximum Gasteiger partial charge on any atom is 0.451 e. The van der Waals surface area contributed by atoms with Crippen molar-refractivity contribution in [1.29, 1.82) is 0 Å². The van der Waals surface area contributed by atoms with Crippen molar-refractivity contribution in [3.63, 3.8) is 0 Å². The van der Waals surface area contributed by atoms with Gasteiger partial charge in [0.2, 0.25) is 5.82 Å². The third kappa shape index (κ3) is 3.57. The van der Waals surface area contributed by atoms with Gasteiger partial charge in [-0.3, -0.25) is 4.90 Å². The van der Waals surface area contributed by atoms with Crippen molar-refractivity contribution in [3.05, 3.63) is 59.7 Å². The summed E-state index contributed by atoms with van der Waals surface area (Å²) in [4.78, 5) is 13.2. The molecule has 0 bridgehead atoms. The van der Waals surface area contributed by atoms with E-state index >= 15 is 0 Å². The zero-order valence-electron chi connectivity index (χ0n) is 15.2. The molecular formula is C18H19F3N6O. The average molecular weight is 392 g/mol. The van der Waals surface area contributed by atoms with E-state index in [0.717, 1.165) is 18.5 Å². The van der Waals surface area contributed by atoms with Gasteiger partial charge in [0.25, 0.3) is 0 Å². The Hall–Kier alpha value is -2.59. The highest BCUT2D eigenvalue weighted by atomic mass is 19.4. The topological polar surface area (TPSA) is 69.0 Å². The lowest BCUT2D eigenvalue weighted by Crippen LogP contribution is -2.37. The fourth-order valence-electron chi connectivity index (χ4n) is 3.63. The fraction of sp³-hybridized carbons (Fsp3) is 0.444. The van der Waals surface area contributed by atoms with Crippen LogP contribution in [0.15, 0.2) is 48.3 Å². The van der Waals surface area contributed by atoms with Gasteiger partial charge in [-0.05, 0) is 23.6 Å². The summed E-state index contributed by atoms with van der Waals surface area (Å²) in [6.07, 6.45) is 6.50. The molecule has 2 aliphatic rings. The summed E-state index contributed by atoms with van der Waals surface area (Å²) in [6, 6.07) is 0. The second kappa shape index (κ2) is 7.10. The molecule has 2 aromatic heterocycles. The standard InChI is InChI=1S/C18H19F3N6O/c1-28-17(15-7-23-16(24-8-15)18(19,20)21)4-2-13-3-5-26(9-14(13)6-17)12-27-11-22-10-25-27/h2,6-8,10-11H,3-5,9,12H2,1H3. The predicted molar refractivity (Wildman–Crippen MR) is 92.7 cm³/mol. The van der Waals surface area contributed by atoms with Crippen molar-refractivity contribution in [1.82, 2.24) is 29.6 Å². The molecule has 2 aromatic rings. The van der Waals surface area contributed by atoms with E-state index in [2.05, 4.69) is 31.0 Å². The van der Waals surface area contributed by atoms with Crippen LogP contribution in [-0.4, -0.2) is 49.8 Å². The first-order valence-corrected chi connectivity index (χ1v) is 8.80. The highest BCUT2D eigenvalue weighted by molar-refractivity contribution is 5.43. The van der Waals surface area contributed by atoms with Crippen LogP contribution in [0.1, 0.15) is 24.2 Å². The molecule has 1 aliphatic carbocycles. The minimum atomic E-state index is -4.57. The Morgan fingerprint density at radius 3 is 2.64 bits per heavy atom. The number of fused-ring (bicyclic) bond motifs is 1. The van der Waals surface area contributed by atoms with Crippen LogP contribution in [0.2, 0.25) is 0 Å². The molecule has 4 rings (SSSR count). The minimum absolute atomic E-state index is 0.499. The summed E-state index contributed by atoms with van der Waals surface area (Å²) in [5.41, 5.74) is 1.97. The lowest BCUT2D eigenvalue weighted by Gasteiger charge is -2.38. The number of methoxy groups -OCH3 is 1. The lowest BCUT2D eigenvalue weighted by atomic mass is 9.80. The third-order valence-electron chi connectivity index (χ3n) is 5.13. The molecule has 28 heavy (non-hydrogen) atoms. The predicted octanol–water partition coefficient (Wildman–Crippen LogP) is 2.55. The average Bonchev–Trinajstić information content (AvgIpc) is 3.20. The van der Waals surface area contributed by atoms with E-state index in [0.29, 0.717) is 25.2 Å². The Morgan fingerprint density at radius 2 is 2.00 bits per heavy atom. The number of hydrogen-bond acceptors (Lipinski definition) is 6.